The Morgan fingerprint density at radius 2 is 1.95 bits per heavy atom. The van der Waals surface area contributed by atoms with E-state index in [1.807, 2.05) is 53.2 Å². The van der Waals surface area contributed by atoms with Gasteiger partial charge < -0.3 is 14.0 Å². The van der Waals surface area contributed by atoms with E-state index < -0.39 is 0 Å². The van der Waals surface area contributed by atoms with Crippen LogP contribution < -0.4 is 9.47 Å². The number of thiophene rings is 1. The highest BCUT2D eigenvalue weighted by molar-refractivity contribution is 7.17. The normalized spacial score (nSPS) is 10.5. The molecule has 22 heavy (non-hydrogen) atoms. The molecule has 112 valence electrons. The summed E-state index contributed by atoms with van der Waals surface area (Å²) in [6.07, 6.45) is 2.84. The van der Waals surface area contributed by atoms with Crippen LogP contribution in [0.5, 0.6) is 11.5 Å². The Kier molecular flexibility index (Phi) is 3.98. The van der Waals surface area contributed by atoms with Crippen molar-refractivity contribution in [2.24, 2.45) is 0 Å². The summed E-state index contributed by atoms with van der Waals surface area (Å²) in [7, 11) is 3.26. The molecule has 3 aromatic rings. The second-order valence-corrected chi connectivity index (χ2v) is 5.74. The number of aldehydes is 1. The van der Waals surface area contributed by atoms with E-state index in [0.717, 1.165) is 34.0 Å². The van der Waals surface area contributed by atoms with Crippen LogP contribution in [0.25, 0.3) is 16.3 Å². The minimum absolute atomic E-state index is 0.712. The van der Waals surface area contributed by atoms with Gasteiger partial charge in [-0.3, -0.25) is 4.79 Å². The van der Waals surface area contributed by atoms with Crippen LogP contribution in [0.15, 0.2) is 48.7 Å². The molecular weight excluding hydrogens is 298 g/mol. The summed E-state index contributed by atoms with van der Waals surface area (Å²) in [5.74, 6) is 1.47. The fourth-order valence-corrected chi connectivity index (χ4v) is 3.17. The van der Waals surface area contributed by atoms with Gasteiger partial charge in [0.25, 0.3) is 0 Å². The average molecular weight is 313 g/mol. The second-order valence-electron chi connectivity index (χ2n) is 4.62. The first-order valence-corrected chi connectivity index (χ1v) is 7.53. The van der Waals surface area contributed by atoms with E-state index in [0.29, 0.717) is 4.88 Å². The number of rotatable bonds is 5. The highest BCUT2D eigenvalue weighted by Crippen LogP contribution is 2.34. The van der Waals surface area contributed by atoms with Crippen molar-refractivity contribution in [2.45, 2.75) is 0 Å². The molecule has 0 saturated heterocycles. The van der Waals surface area contributed by atoms with Crippen LogP contribution in [0.2, 0.25) is 0 Å². The average Bonchev–Trinajstić information content (AvgIpc) is 3.22. The summed E-state index contributed by atoms with van der Waals surface area (Å²) < 4.78 is 12.8. The standard InChI is InChI=1S/C17H15NO3S/c1-20-12-5-7-14(16(10-12)21-2)18-9-3-4-15(18)17-8-6-13(11-19)22-17/h3-11H,1-2H3. The number of hydrogen-bond donors (Lipinski definition) is 0. The number of methoxy groups -OCH3 is 2. The molecule has 0 saturated carbocycles. The topological polar surface area (TPSA) is 40.5 Å². The smallest absolute Gasteiger partial charge is 0.160 e. The second kappa shape index (κ2) is 6.07. The first kappa shape index (κ1) is 14.4. The van der Waals surface area contributed by atoms with Crippen molar-refractivity contribution in [1.82, 2.24) is 4.57 Å². The van der Waals surface area contributed by atoms with Crippen LogP contribution in [0.3, 0.4) is 0 Å². The van der Waals surface area contributed by atoms with Crippen molar-refractivity contribution in [3.8, 4) is 27.8 Å². The van der Waals surface area contributed by atoms with Crippen molar-refractivity contribution >= 4 is 17.6 Å². The Bertz CT molecular complexity index is 804. The maximum Gasteiger partial charge on any atom is 0.160 e. The number of nitrogens with zero attached hydrogens (tertiary/aromatic N) is 1. The molecule has 0 radical (unpaired) electrons. The predicted octanol–water partition coefficient (Wildman–Crippen LogP) is 4.04. The van der Waals surface area contributed by atoms with Crippen molar-refractivity contribution in [2.75, 3.05) is 14.2 Å². The molecular formula is C17H15NO3S. The quantitative estimate of drug-likeness (QED) is 0.668. The maximum atomic E-state index is 10.9. The summed E-state index contributed by atoms with van der Waals surface area (Å²) in [6, 6.07) is 13.5. The summed E-state index contributed by atoms with van der Waals surface area (Å²) in [5, 5.41) is 0. The molecule has 0 unspecified atom stereocenters. The van der Waals surface area contributed by atoms with E-state index in [1.165, 1.54) is 11.3 Å². The SMILES string of the molecule is COc1ccc(-n2cccc2-c2ccc(C=O)s2)c(OC)c1. The number of hydrogen-bond acceptors (Lipinski definition) is 4. The Labute approximate surface area is 132 Å². The van der Waals surface area contributed by atoms with Crippen LogP contribution in [-0.2, 0) is 0 Å². The minimum Gasteiger partial charge on any atom is -0.497 e. The van der Waals surface area contributed by atoms with E-state index in [9.17, 15) is 4.79 Å². The fraction of sp³-hybridized carbons (Fsp3) is 0.118. The number of aromatic nitrogens is 1. The zero-order valence-electron chi connectivity index (χ0n) is 12.3. The Morgan fingerprint density at radius 3 is 2.64 bits per heavy atom. The summed E-state index contributed by atoms with van der Waals surface area (Å²) in [5.41, 5.74) is 1.94. The van der Waals surface area contributed by atoms with Gasteiger partial charge in [0, 0.05) is 12.3 Å². The van der Waals surface area contributed by atoms with Gasteiger partial charge in [0.15, 0.2) is 6.29 Å². The van der Waals surface area contributed by atoms with Crippen molar-refractivity contribution in [3.63, 3.8) is 0 Å². The van der Waals surface area contributed by atoms with Crippen molar-refractivity contribution in [1.29, 1.82) is 0 Å². The lowest BCUT2D eigenvalue weighted by atomic mass is 10.2. The first-order valence-electron chi connectivity index (χ1n) is 6.72. The molecule has 4 nitrogen and oxygen atoms in total. The molecule has 0 aliphatic heterocycles. The highest BCUT2D eigenvalue weighted by atomic mass is 32.1. The van der Waals surface area contributed by atoms with Gasteiger partial charge in [-0.25, -0.2) is 0 Å². The molecule has 0 bridgehead atoms. The van der Waals surface area contributed by atoms with Gasteiger partial charge in [-0.15, -0.1) is 11.3 Å². The molecule has 0 fully saturated rings. The molecule has 0 aliphatic rings. The third-order valence-electron chi connectivity index (χ3n) is 3.39. The van der Waals surface area contributed by atoms with Gasteiger partial charge in [-0.1, -0.05) is 0 Å². The molecule has 2 heterocycles. The molecule has 1 aromatic carbocycles. The zero-order valence-corrected chi connectivity index (χ0v) is 13.1. The molecule has 5 heteroatoms. The van der Waals surface area contributed by atoms with Crippen LogP contribution >= 0.6 is 11.3 Å². The molecule has 0 aliphatic carbocycles. The molecule has 0 amide bonds. The molecule has 0 spiro atoms. The predicted molar refractivity (Wildman–Crippen MR) is 87.6 cm³/mol. The van der Waals surface area contributed by atoms with Crippen LogP contribution in [-0.4, -0.2) is 25.1 Å². The van der Waals surface area contributed by atoms with Gasteiger partial charge in [-0.2, -0.15) is 0 Å². The van der Waals surface area contributed by atoms with Gasteiger partial charge in [0.05, 0.1) is 35.4 Å². The van der Waals surface area contributed by atoms with Gasteiger partial charge in [0.1, 0.15) is 11.5 Å². The monoisotopic (exact) mass is 313 g/mol. The third kappa shape index (κ3) is 2.51. The fourth-order valence-electron chi connectivity index (χ4n) is 2.33. The number of carbonyl (C=O) groups is 1. The minimum atomic E-state index is 0.712. The van der Waals surface area contributed by atoms with Gasteiger partial charge in [-0.05, 0) is 36.4 Å². The molecule has 2 aromatic heterocycles. The highest BCUT2D eigenvalue weighted by Gasteiger charge is 2.13. The number of carbonyl (C=O) groups excluding carboxylic acids is 1. The van der Waals surface area contributed by atoms with Crippen LogP contribution in [0.4, 0.5) is 0 Å². The van der Waals surface area contributed by atoms with E-state index in [-0.39, 0.29) is 0 Å². The zero-order chi connectivity index (χ0) is 15.5. The van der Waals surface area contributed by atoms with E-state index in [1.54, 1.807) is 14.2 Å². The summed E-state index contributed by atoms with van der Waals surface area (Å²) in [4.78, 5) is 12.6. The van der Waals surface area contributed by atoms with Crippen molar-refractivity contribution < 1.29 is 14.3 Å². The Morgan fingerprint density at radius 1 is 1.09 bits per heavy atom. The number of benzene rings is 1. The maximum absolute atomic E-state index is 10.9. The lowest BCUT2D eigenvalue weighted by Gasteiger charge is -2.13. The number of ether oxygens (including phenoxy) is 2. The first-order chi connectivity index (χ1) is 10.8. The van der Waals surface area contributed by atoms with Gasteiger partial charge >= 0.3 is 0 Å². The molecule has 0 atom stereocenters. The van der Waals surface area contributed by atoms with Crippen molar-refractivity contribution in [3.05, 3.63) is 53.5 Å². The largest absolute Gasteiger partial charge is 0.497 e. The lowest BCUT2D eigenvalue weighted by Crippen LogP contribution is -1.98. The third-order valence-corrected chi connectivity index (χ3v) is 4.42. The van der Waals surface area contributed by atoms with Crippen LogP contribution in [0, 0.1) is 0 Å². The van der Waals surface area contributed by atoms with E-state index >= 15 is 0 Å². The van der Waals surface area contributed by atoms with Crippen LogP contribution in [0.1, 0.15) is 9.67 Å². The van der Waals surface area contributed by atoms with Gasteiger partial charge in [0.2, 0.25) is 0 Å². The van der Waals surface area contributed by atoms with E-state index in [2.05, 4.69) is 0 Å². The molecule has 0 N–H and O–H groups in total. The molecule has 3 rings (SSSR count). The summed E-state index contributed by atoms with van der Waals surface area (Å²) in [6.45, 7) is 0. The Balaban J connectivity index is 2.10. The van der Waals surface area contributed by atoms with E-state index in [4.69, 9.17) is 9.47 Å². The lowest BCUT2D eigenvalue weighted by molar-refractivity contribution is 0.112. The summed E-state index contributed by atoms with van der Waals surface area (Å²) >= 11 is 1.47. The Hall–Kier alpha value is -2.53.